The van der Waals surface area contributed by atoms with E-state index < -0.39 is 0 Å². The molecular formula is C35H31NO. The standard InChI is InChI=1S/C35H31NO/c1-3-4-8-26-15-21-29(22-16-26)36(28-19-13-25(2)14-20-28)30-23-17-27(18-24-30)31-10-7-11-33-32-9-5-6-12-34(32)37-35(31)33/h5-7,9-24H,3-4,8H2,1-2H3. The predicted molar refractivity (Wildman–Crippen MR) is 157 cm³/mol. The van der Waals surface area contributed by atoms with Crippen molar-refractivity contribution in [3.63, 3.8) is 0 Å². The van der Waals surface area contributed by atoms with Crippen LogP contribution in [0.3, 0.4) is 0 Å². The lowest BCUT2D eigenvalue weighted by atomic mass is 10.0. The molecule has 1 heterocycles. The summed E-state index contributed by atoms with van der Waals surface area (Å²) >= 11 is 0. The van der Waals surface area contributed by atoms with Crippen molar-refractivity contribution in [3.8, 4) is 11.1 Å². The molecule has 0 aliphatic carbocycles. The molecule has 0 bridgehead atoms. The third kappa shape index (κ3) is 4.51. The Morgan fingerprint density at radius 1 is 0.622 bits per heavy atom. The Bertz CT molecular complexity index is 1640. The summed E-state index contributed by atoms with van der Waals surface area (Å²) in [5.41, 5.74) is 10.2. The molecule has 6 rings (SSSR count). The van der Waals surface area contributed by atoms with E-state index >= 15 is 0 Å². The lowest BCUT2D eigenvalue weighted by Gasteiger charge is -2.26. The van der Waals surface area contributed by atoms with E-state index in [1.54, 1.807) is 0 Å². The maximum Gasteiger partial charge on any atom is 0.143 e. The van der Waals surface area contributed by atoms with Crippen LogP contribution in [0.2, 0.25) is 0 Å². The average molecular weight is 482 g/mol. The van der Waals surface area contributed by atoms with Gasteiger partial charge in [-0.2, -0.15) is 0 Å². The fourth-order valence-corrected chi connectivity index (χ4v) is 5.10. The Hall–Kier alpha value is -4.30. The molecule has 2 heteroatoms. The second-order valence-electron chi connectivity index (χ2n) is 9.77. The Morgan fingerprint density at radius 3 is 1.95 bits per heavy atom. The van der Waals surface area contributed by atoms with Gasteiger partial charge in [-0.1, -0.05) is 91.7 Å². The molecule has 37 heavy (non-hydrogen) atoms. The minimum Gasteiger partial charge on any atom is -0.455 e. The summed E-state index contributed by atoms with van der Waals surface area (Å²) in [6, 6.07) is 41.2. The molecular weight excluding hydrogens is 450 g/mol. The maximum atomic E-state index is 6.29. The smallest absolute Gasteiger partial charge is 0.143 e. The SMILES string of the molecule is CCCCc1ccc(N(c2ccc(C)cc2)c2ccc(-c3cccc4c3oc3ccccc34)cc2)cc1. The van der Waals surface area contributed by atoms with Crippen LogP contribution in [0.4, 0.5) is 17.1 Å². The van der Waals surface area contributed by atoms with E-state index in [4.69, 9.17) is 4.42 Å². The van der Waals surface area contributed by atoms with Crippen LogP contribution >= 0.6 is 0 Å². The fourth-order valence-electron chi connectivity index (χ4n) is 5.10. The average Bonchev–Trinajstić information content (AvgIpc) is 3.33. The zero-order chi connectivity index (χ0) is 25.2. The van der Waals surface area contributed by atoms with Crippen LogP contribution in [-0.2, 0) is 6.42 Å². The molecule has 182 valence electrons. The van der Waals surface area contributed by atoms with Crippen molar-refractivity contribution in [2.45, 2.75) is 33.1 Å². The number of fused-ring (bicyclic) bond motifs is 3. The lowest BCUT2D eigenvalue weighted by molar-refractivity contribution is 0.670. The van der Waals surface area contributed by atoms with Gasteiger partial charge in [-0.05, 0) is 73.4 Å². The van der Waals surface area contributed by atoms with Gasteiger partial charge in [-0.25, -0.2) is 0 Å². The molecule has 0 aliphatic heterocycles. The molecule has 0 N–H and O–H groups in total. The van der Waals surface area contributed by atoms with E-state index in [2.05, 4.69) is 122 Å². The molecule has 5 aromatic carbocycles. The second kappa shape index (κ2) is 9.99. The first kappa shape index (κ1) is 23.1. The molecule has 0 radical (unpaired) electrons. The molecule has 0 atom stereocenters. The van der Waals surface area contributed by atoms with Crippen molar-refractivity contribution < 1.29 is 4.42 Å². The molecule has 1 aromatic heterocycles. The molecule has 0 aliphatic rings. The van der Waals surface area contributed by atoms with Gasteiger partial charge in [0, 0.05) is 33.4 Å². The number of anilines is 3. The van der Waals surface area contributed by atoms with Crippen LogP contribution in [0, 0.1) is 6.92 Å². The van der Waals surface area contributed by atoms with Crippen LogP contribution < -0.4 is 4.90 Å². The summed E-state index contributed by atoms with van der Waals surface area (Å²) in [4.78, 5) is 2.33. The largest absolute Gasteiger partial charge is 0.455 e. The third-order valence-electron chi connectivity index (χ3n) is 7.15. The van der Waals surface area contributed by atoms with Gasteiger partial charge in [0.2, 0.25) is 0 Å². The summed E-state index contributed by atoms with van der Waals surface area (Å²) in [6.45, 7) is 4.37. The summed E-state index contributed by atoms with van der Waals surface area (Å²) in [7, 11) is 0. The number of nitrogens with zero attached hydrogens (tertiary/aromatic N) is 1. The van der Waals surface area contributed by atoms with Crippen LogP contribution in [-0.4, -0.2) is 0 Å². The summed E-state index contributed by atoms with van der Waals surface area (Å²) in [5.74, 6) is 0. The van der Waals surface area contributed by atoms with Crippen molar-refractivity contribution in [2.75, 3.05) is 4.90 Å². The quantitative estimate of drug-likeness (QED) is 0.225. The van der Waals surface area contributed by atoms with Gasteiger partial charge in [0.15, 0.2) is 0 Å². The Balaban J connectivity index is 1.40. The molecule has 0 saturated heterocycles. The Kier molecular flexibility index (Phi) is 6.24. The Morgan fingerprint density at radius 2 is 1.24 bits per heavy atom. The second-order valence-corrected chi connectivity index (χ2v) is 9.77. The van der Waals surface area contributed by atoms with Crippen LogP contribution in [0.15, 0.2) is 120 Å². The summed E-state index contributed by atoms with van der Waals surface area (Å²) in [5, 5.41) is 2.31. The molecule has 0 unspecified atom stereocenters. The number of hydrogen-bond donors (Lipinski definition) is 0. The minimum atomic E-state index is 0.925. The third-order valence-corrected chi connectivity index (χ3v) is 7.15. The highest BCUT2D eigenvalue weighted by Crippen LogP contribution is 2.39. The van der Waals surface area contributed by atoms with Gasteiger partial charge >= 0.3 is 0 Å². The molecule has 0 fully saturated rings. The molecule has 2 nitrogen and oxygen atoms in total. The fraction of sp³-hybridized carbons (Fsp3) is 0.143. The van der Waals surface area contributed by atoms with E-state index in [1.165, 1.54) is 24.0 Å². The van der Waals surface area contributed by atoms with Crippen molar-refractivity contribution in [1.29, 1.82) is 0 Å². The van der Waals surface area contributed by atoms with Gasteiger partial charge in [0.05, 0.1) is 0 Å². The van der Waals surface area contributed by atoms with Crippen molar-refractivity contribution in [2.24, 2.45) is 0 Å². The number of hydrogen-bond acceptors (Lipinski definition) is 2. The topological polar surface area (TPSA) is 16.4 Å². The number of benzene rings is 5. The van der Waals surface area contributed by atoms with Crippen LogP contribution in [0.25, 0.3) is 33.1 Å². The highest BCUT2D eigenvalue weighted by Gasteiger charge is 2.15. The first-order valence-corrected chi connectivity index (χ1v) is 13.2. The lowest BCUT2D eigenvalue weighted by Crippen LogP contribution is -2.10. The summed E-state index contributed by atoms with van der Waals surface area (Å²) in [6.07, 6.45) is 3.56. The minimum absolute atomic E-state index is 0.925. The van der Waals surface area contributed by atoms with Gasteiger partial charge in [-0.15, -0.1) is 0 Å². The van der Waals surface area contributed by atoms with Crippen LogP contribution in [0.5, 0.6) is 0 Å². The molecule has 6 aromatic rings. The van der Waals surface area contributed by atoms with E-state index in [1.807, 2.05) is 12.1 Å². The zero-order valence-electron chi connectivity index (χ0n) is 21.4. The molecule has 0 saturated carbocycles. The first-order chi connectivity index (χ1) is 18.2. The zero-order valence-corrected chi connectivity index (χ0v) is 21.4. The number of furan rings is 1. The summed E-state index contributed by atoms with van der Waals surface area (Å²) < 4.78 is 6.29. The van der Waals surface area contributed by atoms with Crippen molar-refractivity contribution in [1.82, 2.24) is 0 Å². The molecule has 0 spiro atoms. The van der Waals surface area contributed by atoms with Gasteiger partial charge < -0.3 is 9.32 Å². The normalized spacial score (nSPS) is 11.3. The highest BCUT2D eigenvalue weighted by atomic mass is 16.3. The molecule has 0 amide bonds. The number of para-hydroxylation sites is 2. The van der Waals surface area contributed by atoms with Gasteiger partial charge in [0.25, 0.3) is 0 Å². The van der Waals surface area contributed by atoms with Gasteiger partial charge in [-0.3, -0.25) is 0 Å². The first-order valence-electron chi connectivity index (χ1n) is 13.2. The highest BCUT2D eigenvalue weighted by molar-refractivity contribution is 6.09. The number of rotatable bonds is 7. The number of aryl methyl sites for hydroxylation is 2. The van der Waals surface area contributed by atoms with Crippen LogP contribution in [0.1, 0.15) is 30.9 Å². The number of unbranched alkanes of at least 4 members (excludes halogenated alkanes) is 1. The maximum absolute atomic E-state index is 6.29. The van der Waals surface area contributed by atoms with E-state index in [9.17, 15) is 0 Å². The predicted octanol–water partition coefficient (Wildman–Crippen LogP) is 10.4. The van der Waals surface area contributed by atoms with Crippen molar-refractivity contribution in [3.05, 3.63) is 126 Å². The van der Waals surface area contributed by atoms with Gasteiger partial charge in [0.1, 0.15) is 11.2 Å². The van der Waals surface area contributed by atoms with E-state index in [0.29, 0.717) is 0 Å². The van der Waals surface area contributed by atoms with Crippen molar-refractivity contribution >= 4 is 39.0 Å². The van der Waals surface area contributed by atoms with E-state index in [0.717, 1.165) is 56.5 Å². The Labute approximate surface area is 218 Å². The monoisotopic (exact) mass is 481 g/mol. The van der Waals surface area contributed by atoms with E-state index in [-0.39, 0.29) is 0 Å².